The molecule has 0 bridgehead atoms. The molecule has 7 nitrogen and oxygen atoms in total. The number of nitrogens with one attached hydrogen (secondary N) is 2. The van der Waals surface area contributed by atoms with Gasteiger partial charge in [-0.1, -0.05) is 23.7 Å². The number of amides is 2. The highest BCUT2D eigenvalue weighted by atomic mass is 35.5. The Morgan fingerprint density at radius 1 is 1.19 bits per heavy atom. The molecule has 2 N–H and O–H groups in total. The Morgan fingerprint density at radius 2 is 1.96 bits per heavy atom. The SMILES string of the molecule is CCNC(=O)COc1ccc(/C=N\NC(=O)c2ccccc2Cl)cc1OC. The second-order valence-corrected chi connectivity index (χ2v) is 5.74. The molecule has 0 aromatic heterocycles. The quantitative estimate of drug-likeness (QED) is 0.536. The van der Waals surface area contributed by atoms with Crippen molar-refractivity contribution in [2.45, 2.75) is 6.92 Å². The summed E-state index contributed by atoms with van der Waals surface area (Å²) < 4.78 is 10.7. The van der Waals surface area contributed by atoms with E-state index >= 15 is 0 Å². The summed E-state index contributed by atoms with van der Waals surface area (Å²) in [6, 6.07) is 11.8. The van der Waals surface area contributed by atoms with Crippen LogP contribution in [0.1, 0.15) is 22.8 Å². The lowest BCUT2D eigenvalue weighted by molar-refractivity contribution is -0.123. The molecule has 0 heterocycles. The number of nitrogens with zero attached hydrogens (tertiary/aromatic N) is 1. The van der Waals surface area contributed by atoms with Crippen molar-refractivity contribution in [1.82, 2.24) is 10.7 Å². The highest BCUT2D eigenvalue weighted by Crippen LogP contribution is 2.27. The number of benzene rings is 2. The lowest BCUT2D eigenvalue weighted by atomic mass is 10.2. The van der Waals surface area contributed by atoms with Gasteiger partial charge in [0.1, 0.15) is 0 Å². The minimum atomic E-state index is -0.411. The predicted octanol–water partition coefficient (Wildman–Crippen LogP) is 2.63. The summed E-state index contributed by atoms with van der Waals surface area (Å²) in [4.78, 5) is 23.5. The molecule has 2 amide bonds. The van der Waals surface area contributed by atoms with Crippen LogP contribution in [0, 0.1) is 0 Å². The van der Waals surface area contributed by atoms with Gasteiger partial charge in [0.15, 0.2) is 18.1 Å². The number of rotatable bonds is 8. The van der Waals surface area contributed by atoms with Crippen LogP contribution in [-0.2, 0) is 4.79 Å². The Hall–Kier alpha value is -3.06. The van der Waals surface area contributed by atoms with E-state index in [2.05, 4.69) is 15.8 Å². The van der Waals surface area contributed by atoms with Crippen molar-refractivity contribution in [2.24, 2.45) is 5.10 Å². The molecular formula is C19H20ClN3O4. The van der Waals surface area contributed by atoms with Gasteiger partial charge in [-0.3, -0.25) is 9.59 Å². The van der Waals surface area contributed by atoms with Crippen molar-refractivity contribution in [3.8, 4) is 11.5 Å². The van der Waals surface area contributed by atoms with E-state index in [0.717, 1.165) is 0 Å². The van der Waals surface area contributed by atoms with E-state index in [1.807, 2.05) is 6.92 Å². The maximum Gasteiger partial charge on any atom is 0.272 e. The van der Waals surface area contributed by atoms with Crippen LogP contribution in [0.5, 0.6) is 11.5 Å². The zero-order chi connectivity index (χ0) is 19.6. The fourth-order valence-corrected chi connectivity index (χ4v) is 2.37. The molecule has 0 saturated carbocycles. The van der Waals surface area contributed by atoms with E-state index in [4.69, 9.17) is 21.1 Å². The highest BCUT2D eigenvalue weighted by Gasteiger charge is 2.09. The molecule has 0 radical (unpaired) electrons. The Kier molecular flexibility index (Phi) is 7.63. The van der Waals surface area contributed by atoms with Crippen LogP contribution in [0.4, 0.5) is 0 Å². The van der Waals surface area contributed by atoms with E-state index in [1.54, 1.807) is 42.5 Å². The number of likely N-dealkylation sites (N-methyl/N-ethyl adjacent to an activating group) is 1. The van der Waals surface area contributed by atoms with Crippen molar-refractivity contribution in [2.75, 3.05) is 20.3 Å². The normalized spacial score (nSPS) is 10.5. The molecular weight excluding hydrogens is 370 g/mol. The Labute approximate surface area is 162 Å². The molecule has 0 unspecified atom stereocenters. The Bertz CT molecular complexity index is 839. The number of methoxy groups -OCH3 is 1. The number of hydrogen-bond donors (Lipinski definition) is 2. The summed E-state index contributed by atoms with van der Waals surface area (Å²) in [5, 5.41) is 6.91. The monoisotopic (exact) mass is 389 g/mol. The highest BCUT2D eigenvalue weighted by molar-refractivity contribution is 6.33. The standard InChI is InChI=1S/C19H20ClN3O4/c1-3-21-18(24)12-27-16-9-8-13(10-17(16)26-2)11-22-23-19(25)14-6-4-5-7-15(14)20/h4-11H,3,12H2,1-2H3,(H,21,24)(H,23,25)/b22-11-. The molecule has 0 aliphatic carbocycles. The Balaban J connectivity index is 2.00. The van der Waals surface area contributed by atoms with Gasteiger partial charge in [0.2, 0.25) is 0 Å². The first-order valence-electron chi connectivity index (χ1n) is 8.20. The van der Waals surface area contributed by atoms with Crippen LogP contribution in [0.15, 0.2) is 47.6 Å². The first-order valence-corrected chi connectivity index (χ1v) is 8.58. The average molecular weight is 390 g/mol. The number of ether oxygens (including phenoxy) is 2. The smallest absolute Gasteiger partial charge is 0.272 e. The van der Waals surface area contributed by atoms with Gasteiger partial charge in [0, 0.05) is 6.54 Å². The third-order valence-corrected chi connectivity index (χ3v) is 3.75. The van der Waals surface area contributed by atoms with Gasteiger partial charge < -0.3 is 14.8 Å². The molecule has 8 heteroatoms. The van der Waals surface area contributed by atoms with E-state index in [9.17, 15) is 9.59 Å². The maximum absolute atomic E-state index is 12.0. The first kappa shape index (κ1) is 20.3. The summed E-state index contributed by atoms with van der Waals surface area (Å²) in [5.74, 6) is 0.250. The molecule has 0 aliphatic rings. The van der Waals surface area contributed by atoms with Crippen LogP contribution in [-0.4, -0.2) is 38.3 Å². The fraction of sp³-hybridized carbons (Fsp3) is 0.211. The van der Waals surface area contributed by atoms with Gasteiger partial charge in [-0.2, -0.15) is 5.10 Å². The van der Waals surface area contributed by atoms with Crippen LogP contribution < -0.4 is 20.2 Å². The van der Waals surface area contributed by atoms with Gasteiger partial charge in [-0.15, -0.1) is 0 Å². The van der Waals surface area contributed by atoms with Crippen LogP contribution in [0.2, 0.25) is 5.02 Å². The largest absolute Gasteiger partial charge is 0.493 e. The molecule has 0 saturated heterocycles. The second-order valence-electron chi connectivity index (χ2n) is 5.33. The first-order chi connectivity index (χ1) is 13.0. The minimum Gasteiger partial charge on any atom is -0.493 e. The van der Waals surface area contributed by atoms with Gasteiger partial charge in [-0.05, 0) is 42.8 Å². The fourth-order valence-electron chi connectivity index (χ4n) is 2.15. The minimum absolute atomic E-state index is 0.106. The number of carbonyl (C=O) groups excluding carboxylic acids is 2. The number of halogens is 1. The predicted molar refractivity (Wildman–Crippen MR) is 104 cm³/mol. The van der Waals surface area contributed by atoms with Crippen molar-refractivity contribution >= 4 is 29.6 Å². The van der Waals surface area contributed by atoms with Crippen molar-refractivity contribution in [3.63, 3.8) is 0 Å². The number of hydrazone groups is 1. The van der Waals surface area contributed by atoms with Crippen molar-refractivity contribution in [3.05, 3.63) is 58.6 Å². The second kappa shape index (κ2) is 10.2. The molecule has 27 heavy (non-hydrogen) atoms. The molecule has 142 valence electrons. The van der Waals surface area contributed by atoms with Crippen molar-refractivity contribution in [1.29, 1.82) is 0 Å². The molecule has 0 aliphatic heterocycles. The number of carbonyl (C=O) groups is 2. The van der Waals surface area contributed by atoms with Gasteiger partial charge in [0.05, 0.1) is 23.9 Å². The third-order valence-electron chi connectivity index (χ3n) is 3.42. The molecule has 0 fully saturated rings. The topological polar surface area (TPSA) is 89.0 Å². The van der Waals surface area contributed by atoms with Gasteiger partial charge in [-0.25, -0.2) is 5.43 Å². The maximum atomic E-state index is 12.0. The molecule has 2 aromatic carbocycles. The van der Waals surface area contributed by atoms with E-state index < -0.39 is 5.91 Å². The third kappa shape index (κ3) is 6.00. The van der Waals surface area contributed by atoms with E-state index in [-0.39, 0.29) is 12.5 Å². The summed E-state index contributed by atoms with van der Waals surface area (Å²) in [6.45, 7) is 2.26. The molecule has 2 aromatic rings. The molecule has 2 rings (SSSR count). The molecule has 0 atom stereocenters. The van der Waals surface area contributed by atoms with E-state index in [1.165, 1.54) is 13.3 Å². The lowest BCUT2D eigenvalue weighted by Gasteiger charge is -2.11. The van der Waals surface area contributed by atoms with Crippen LogP contribution in [0.3, 0.4) is 0 Å². The van der Waals surface area contributed by atoms with Gasteiger partial charge >= 0.3 is 0 Å². The summed E-state index contributed by atoms with van der Waals surface area (Å²) in [6.07, 6.45) is 1.46. The zero-order valence-corrected chi connectivity index (χ0v) is 15.7. The molecule has 0 spiro atoms. The van der Waals surface area contributed by atoms with Crippen molar-refractivity contribution < 1.29 is 19.1 Å². The average Bonchev–Trinajstić information content (AvgIpc) is 2.67. The Morgan fingerprint density at radius 3 is 2.67 bits per heavy atom. The lowest BCUT2D eigenvalue weighted by Crippen LogP contribution is -2.28. The van der Waals surface area contributed by atoms with Crippen LogP contribution in [0.25, 0.3) is 0 Å². The summed E-state index contributed by atoms with van der Waals surface area (Å²) in [5.41, 5.74) is 3.43. The number of hydrogen-bond acceptors (Lipinski definition) is 5. The zero-order valence-electron chi connectivity index (χ0n) is 15.0. The summed E-state index contributed by atoms with van der Waals surface area (Å²) >= 11 is 5.97. The summed E-state index contributed by atoms with van der Waals surface area (Å²) in [7, 11) is 1.49. The van der Waals surface area contributed by atoms with E-state index in [0.29, 0.717) is 34.2 Å². The van der Waals surface area contributed by atoms with Crippen LogP contribution >= 0.6 is 11.6 Å². The van der Waals surface area contributed by atoms with Gasteiger partial charge in [0.25, 0.3) is 11.8 Å².